The SMILES string of the molecule is CC1CS(=O)(=O)CCN1CCNCC1CC1. The van der Waals surface area contributed by atoms with Crippen molar-refractivity contribution >= 4 is 9.84 Å². The summed E-state index contributed by atoms with van der Waals surface area (Å²) in [4.78, 5) is 2.28. The minimum Gasteiger partial charge on any atom is -0.315 e. The number of nitrogens with one attached hydrogen (secondary N) is 1. The standard InChI is InChI=1S/C11H22N2O2S/c1-10-9-16(14,15)7-6-13(10)5-4-12-8-11-2-3-11/h10-12H,2-9H2,1H3. The molecule has 0 spiro atoms. The third-order valence-corrected chi connectivity index (χ3v) is 5.31. The molecule has 4 nitrogen and oxygen atoms in total. The fourth-order valence-corrected chi connectivity index (χ4v) is 3.84. The van der Waals surface area contributed by atoms with E-state index in [-0.39, 0.29) is 6.04 Å². The van der Waals surface area contributed by atoms with Gasteiger partial charge in [-0.05, 0) is 32.2 Å². The Balaban J connectivity index is 1.65. The molecule has 1 aliphatic carbocycles. The van der Waals surface area contributed by atoms with Crippen LogP contribution in [-0.4, -0.2) is 57.0 Å². The maximum absolute atomic E-state index is 11.4. The second-order valence-electron chi connectivity index (χ2n) is 5.15. The summed E-state index contributed by atoms with van der Waals surface area (Å²) >= 11 is 0. The molecule has 16 heavy (non-hydrogen) atoms. The molecule has 1 aliphatic heterocycles. The molecular weight excluding hydrogens is 224 g/mol. The topological polar surface area (TPSA) is 49.4 Å². The molecule has 0 amide bonds. The molecule has 1 atom stereocenters. The number of sulfone groups is 1. The van der Waals surface area contributed by atoms with Crippen LogP contribution in [0.2, 0.25) is 0 Å². The smallest absolute Gasteiger partial charge is 0.153 e. The predicted molar refractivity (Wildman–Crippen MR) is 65.3 cm³/mol. The Morgan fingerprint density at radius 3 is 2.75 bits per heavy atom. The first-order valence-electron chi connectivity index (χ1n) is 6.22. The number of hydrogen-bond donors (Lipinski definition) is 1. The van der Waals surface area contributed by atoms with Gasteiger partial charge >= 0.3 is 0 Å². The Bertz CT molecular complexity index is 325. The second-order valence-corrected chi connectivity index (χ2v) is 7.38. The molecule has 0 aromatic rings. The van der Waals surface area contributed by atoms with Crippen LogP contribution < -0.4 is 5.32 Å². The van der Waals surface area contributed by atoms with Gasteiger partial charge in [-0.15, -0.1) is 0 Å². The number of rotatable bonds is 5. The quantitative estimate of drug-likeness (QED) is 0.699. The van der Waals surface area contributed by atoms with Crippen LogP contribution in [0.25, 0.3) is 0 Å². The molecular formula is C11H22N2O2S. The van der Waals surface area contributed by atoms with Crippen molar-refractivity contribution in [3.63, 3.8) is 0 Å². The van der Waals surface area contributed by atoms with Crippen LogP contribution in [0.4, 0.5) is 0 Å². The summed E-state index contributed by atoms with van der Waals surface area (Å²) in [5, 5.41) is 3.44. The van der Waals surface area contributed by atoms with E-state index in [9.17, 15) is 8.42 Å². The van der Waals surface area contributed by atoms with E-state index in [1.54, 1.807) is 0 Å². The van der Waals surface area contributed by atoms with Gasteiger partial charge in [0.2, 0.25) is 0 Å². The van der Waals surface area contributed by atoms with Crippen LogP contribution in [-0.2, 0) is 9.84 Å². The predicted octanol–water partition coefficient (Wildman–Crippen LogP) is 0.105. The molecule has 2 fully saturated rings. The van der Waals surface area contributed by atoms with Crippen molar-refractivity contribution in [3.8, 4) is 0 Å². The Morgan fingerprint density at radius 2 is 2.12 bits per heavy atom. The highest BCUT2D eigenvalue weighted by atomic mass is 32.2. The molecule has 1 saturated carbocycles. The first-order chi connectivity index (χ1) is 7.57. The van der Waals surface area contributed by atoms with Crippen molar-refractivity contribution < 1.29 is 8.42 Å². The summed E-state index contributed by atoms with van der Waals surface area (Å²) in [5.41, 5.74) is 0. The average Bonchev–Trinajstić information content (AvgIpc) is 2.98. The van der Waals surface area contributed by atoms with Crippen LogP contribution in [0.1, 0.15) is 19.8 Å². The lowest BCUT2D eigenvalue weighted by atomic mass is 10.3. The van der Waals surface area contributed by atoms with Gasteiger partial charge in [-0.1, -0.05) is 0 Å². The highest BCUT2D eigenvalue weighted by Gasteiger charge is 2.27. The monoisotopic (exact) mass is 246 g/mol. The van der Waals surface area contributed by atoms with Gasteiger partial charge in [0.25, 0.3) is 0 Å². The van der Waals surface area contributed by atoms with E-state index < -0.39 is 9.84 Å². The van der Waals surface area contributed by atoms with Crippen LogP contribution in [0.3, 0.4) is 0 Å². The molecule has 94 valence electrons. The van der Waals surface area contributed by atoms with Crippen molar-refractivity contribution in [1.29, 1.82) is 0 Å². The maximum atomic E-state index is 11.4. The minimum absolute atomic E-state index is 0.182. The first-order valence-corrected chi connectivity index (χ1v) is 8.04. The molecule has 0 bridgehead atoms. The molecule has 0 radical (unpaired) electrons. The zero-order chi connectivity index (χ0) is 11.6. The second kappa shape index (κ2) is 5.02. The Hall–Kier alpha value is -0.130. The molecule has 0 aromatic carbocycles. The summed E-state index contributed by atoms with van der Waals surface area (Å²) in [6.45, 7) is 5.82. The van der Waals surface area contributed by atoms with Gasteiger partial charge in [-0.25, -0.2) is 8.42 Å². The normalized spacial score (nSPS) is 30.4. The van der Waals surface area contributed by atoms with Crippen LogP contribution >= 0.6 is 0 Å². The summed E-state index contributed by atoms with van der Waals surface area (Å²) < 4.78 is 22.8. The summed E-state index contributed by atoms with van der Waals surface area (Å²) in [6.07, 6.45) is 2.76. The van der Waals surface area contributed by atoms with Crippen molar-refractivity contribution in [2.24, 2.45) is 5.92 Å². The molecule has 0 aromatic heterocycles. The highest BCUT2D eigenvalue weighted by Crippen LogP contribution is 2.27. The highest BCUT2D eigenvalue weighted by molar-refractivity contribution is 7.91. The Labute approximate surface area is 98.3 Å². The average molecular weight is 246 g/mol. The molecule has 1 heterocycles. The number of nitrogens with zero attached hydrogens (tertiary/aromatic N) is 1. The van der Waals surface area contributed by atoms with E-state index in [4.69, 9.17) is 0 Å². The zero-order valence-corrected chi connectivity index (χ0v) is 10.8. The molecule has 1 saturated heterocycles. The lowest BCUT2D eigenvalue weighted by Crippen LogP contribution is -2.49. The van der Waals surface area contributed by atoms with Gasteiger partial charge in [0.1, 0.15) is 0 Å². The largest absolute Gasteiger partial charge is 0.315 e. The van der Waals surface area contributed by atoms with E-state index in [1.807, 2.05) is 6.92 Å². The van der Waals surface area contributed by atoms with Crippen LogP contribution in [0.15, 0.2) is 0 Å². The van der Waals surface area contributed by atoms with Crippen LogP contribution in [0.5, 0.6) is 0 Å². The molecule has 1 N–H and O–H groups in total. The van der Waals surface area contributed by atoms with Gasteiger partial charge in [0.15, 0.2) is 9.84 Å². The minimum atomic E-state index is -2.76. The van der Waals surface area contributed by atoms with Gasteiger partial charge < -0.3 is 5.32 Å². The fraction of sp³-hybridized carbons (Fsp3) is 1.00. The van der Waals surface area contributed by atoms with E-state index in [0.717, 1.165) is 25.6 Å². The van der Waals surface area contributed by atoms with Crippen molar-refractivity contribution in [1.82, 2.24) is 10.2 Å². The Kier molecular flexibility index (Phi) is 3.87. The lowest BCUT2D eigenvalue weighted by molar-refractivity contribution is 0.227. The van der Waals surface area contributed by atoms with E-state index >= 15 is 0 Å². The van der Waals surface area contributed by atoms with E-state index in [2.05, 4.69) is 10.2 Å². The van der Waals surface area contributed by atoms with Crippen molar-refractivity contribution in [2.45, 2.75) is 25.8 Å². The summed E-state index contributed by atoms with van der Waals surface area (Å²) in [7, 11) is -2.76. The number of hydrogen-bond acceptors (Lipinski definition) is 4. The summed E-state index contributed by atoms with van der Waals surface area (Å²) in [5.74, 6) is 1.58. The van der Waals surface area contributed by atoms with Gasteiger partial charge in [0.05, 0.1) is 11.5 Å². The van der Waals surface area contributed by atoms with E-state index in [0.29, 0.717) is 18.1 Å². The third-order valence-electron chi connectivity index (χ3n) is 3.51. The zero-order valence-electron chi connectivity index (χ0n) is 9.98. The molecule has 1 unspecified atom stereocenters. The summed E-state index contributed by atoms with van der Waals surface area (Å²) in [6, 6.07) is 0.182. The van der Waals surface area contributed by atoms with Gasteiger partial charge in [-0.2, -0.15) is 0 Å². The van der Waals surface area contributed by atoms with Gasteiger partial charge in [0, 0.05) is 25.7 Å². The molecule has 2 aliphatic rings. The van der Waals surface area contributed by atoms with Crippen molar-refractivity contribution in [2.75, 3.05) is 37.7 Å². The first kappa shape index (κ1) is 12.3. The van der Waals surface area contributed by atoms with Crippen molar-refractivity contribution in [3.05, 3.63) is 0 Å². The third kappa shape index (κ3) is 3.71. The van der Waals surface area contributed by atoms with E-state index in [1.165, 1.54) is 12.8 Å². The Morgan fingerprint density at radius 1 is 1.38 bits per heavy atom. The maximum Gasteiger partial charge on any atom is 0.153 e. The lowest BCUT2D eigenvalue weighted by Gasteiger charge is -2.33. The molecule has 2 rings (SSSR count). The van der Waals surface area contributed by atoms with Gasteiger partial charge in [-0.3, -0.25) is 4.90 Å². The molecule has 5 heteroatoms. The fourth-order valence-electron chi connectivity index (χ4n) is 2.22. The van der Waals surface area contributed by atoms with Crippen LogP contribution in [0, 0.1) is 5.92 Å².